The van der Waals surface area contributed by atoms with Gasteiger partial charge in [-0.3, -0.25) is 0 Å². The summed E-state index contributed by atoms with van der Waals surface area (Å²) in [5, 5.41) is 9.00. The third-order valence-corrected chi connectivity index (χ3v) is 4.36. The Morgan fingerprint density at radius 3 is 2.65 bits per heavy atom. The van der Waals surface area contributed by atoms with E-state index in [-0.39, 0.29) is 6.10 Å². The Morgan fingerprint density at radius 2 is 2.10 bits per heavy atom. The second-order valence-corrected chi connectivity index (χ2v) is 6.49. The van der Waals surface area contributed by atoms with Crippen molar-refractivity contribution in [3.05, 3.63) is 44.6 Å². The summed E-state index contributed by atoms with van der Waals surface area (Å²) in [7, 11) is 1.55. The highest BCUT2D eigenvalue weighted by molar-refractivity contribution is 9.11. The number of hydrogen-bond acceptors (Lipinski definition) is 5. The Kier molecular flexibility index (Phi) is 5.01. The van der Waals surface area contributed by atoms with E-state index in [9.17, 15) is 0 Å². The van der Waals surface area contributed by atoms with Gasteiger partial charge in [-0.1, -0.05) is 0 Å². The summed E-state index contributed by atoms with van der Waals surface area (Å²) in [6.45, 7) is 0.353. The largest absolute Gasteiger partial charge is 0.497 e. The fourth-order valence-electron chi connectivity index (χ4n) is 1.71. The van der Waals surface area contributed by atoms with Crippen molar-refractivity contribution in [1.82, 2.24) is 0 Å². The monoisotopic (exact) mass is 352 g/mol. The van der Waals surface area contributed by atoms with Crippen LogP contribution in [-0.4, -0.2) is 13.7 Å². The Bertz CT molecular complexity index is 636. The van der Waals surface area contributed by atoms with Crippen LogP contribution in [0.1, 0.15) is 16.5 Å². The predicted octanol–water partition coefficient (Wildman–Crippen LogP) is 3.47. The maximum absolute atomic E-state index is 9.00. The van der Waals surface area contributed by atoms with Gasteiger partial charge in [-0.2, -0.15) is 5.26 Å². The molecule has 2 rings (SSSR count). The van der Waals surface area contributed by atoms with E-state index in [1.54, 1.807) is 36.6 Å². The van der Waals surface area contributed by atoms with Crippen molar-refractivity contribution in [1.29, 1.82) is 5.26 Å². The Labute approximate surface area is 129 Å². The lowest BCUT2D eigenvalue weighted by atomic mass is 10.2. The zero-order chi connectivity index (χ0) is 14.5. The third kappa shape index (κ3) is 3.51. The van der Waals surface area contributed by atoms with E-state index in [2.05, 4.69) is 22.0 Å². The van der Waals surface area contributed by atoms with Crippen LogP contribution in [-0.2, 0) is 0 Å². The standard InChI is InChI=1S/C14H13BrN2O2S/c1-18-10-4-9(7-16)5-11(6-10)19-12(8-17)13-2-3-14(15)20-13/h2-6,12H,8,17H2,1H3. The van der Waals surface area contributed by atoms with E-state index in [1.807, 2.05) is 12.1 Å². The predicted molar refractivity (Wildman–Crippen MR) is 82.2 cm³/mol. The molecule has 0 saturated carbocycles. The Hall–Kier alpha value is -1.55. The van der Waals surface area contributed by atoms with Gasteiger partial charge >= 0.3 is 0 Å². The fraction of sp³-hybridized carbons (Fsp3) is 0.214. The lowest BCUT2D eigenvalue weighted by molar-refractivity contribution is 0.217. The molecule has 0 saturated heterocycles. The van der Waals surface area contributed by atoms with Crippen LogP contribution in [0.25, 0.3) is 0 Å². The second kappa shape index (κ2) is 6.75. The summed E-state index contributed by atoms with van der Waals surface area (Å²) in [5.74, 6) is 1.16. The highest BCUT2D eigenvalue weighted by Gasteiger charge is 2.15. The molecule has 1 unspecified atom stereocenters. The van der Waals surface area contributed by atoms with E-state index < -0.39 is 0 Å². The number of nitrogens with two attached hydrogens (primary N) is 1. The minimum absolute atomic E-state index is 0.245. The van der Waals surface area contributed by atoms with Gasteiger partial charge in [0, 0.05) is 17.5 Å². The molecule has 0 bridgehead atoms. The molecule has 4 nitrogen and oxygen atoms in total. The first-order valence-corrected chi connectivity index (χ1v) is 7.48. The van der Waals surface area contributed by atoms with Crippen LogP contribution in [0.4, 0.5) is 0 Å². The number of halogens is 1. The normalized spacial score (nSPS) is 11.7. The molecule has 0 aliphatic heterocycles. The van der Waals surface area contributed by atoms with Crippen molar-refractivity contribution in [2.75, 3.05) is 13.7 Å². The van der Waals surface area contributed by atoms with Gasteiger partial charge in [0.25, 0.3) is 0 Å². The minimum atomic E-state index is -0.245. The zero-order valence-corrected chi connectivity index (χ0v) is 13.2. The van der Waals surface area contributed by atoms with Gasteiger partial charge in [-0.25, -0.2) is 0 Å². The number of rotatable bonds is 5. The minimum Gasteiger partial charge on any atom is -0.497 e. The zero-order valence-electron chi connectivity index (χ0n) is 10.8. The molecule has 1 heterocycles. The van der Waals surface area contributed by atoms with E-state index in [1.165, 1.54) is 0 Å². The quantitative estimate of drug-likeness (QED) is 0.894. The van der Waals surface area contributed by atoms with Gasteiger partial charge in [-0.15, -0.1) is 11.3 Å². The Morgan fingerprint density at radius 1 is 1.35 bits per heavy atom. The van der Waals surface area contributed by atoms with Crippen LogP contribution in [0, 0.1) is 11.3 Å². The first-order chi connectivity index (χ1) is 9.66. The summed E-state index contributed by atoms with van der Waals surface area (Å²) >= 11 is 4.99. The summed E-state index contributed by atoms with van der Waals surface area (Å²) in [6, 6.07) is 11.1. The molecule has 1 aromatic heterocycles. The molecule has 0 aliphatic carbocycles. The average Bonchev–Trinajstić information content (AvgIpc) is 2.90. The number of nitrogens with zero attached hydrogens (tertiary/aromatic N) is 1. The first-order valence-electron chi connectivity index (χ1n) is 5.87. The van der Waals surface area contributed by atoms with E-state index in [4.69, 9.17) is 20.5 Å². The van der Waals surface area contributed by atoms with Gasteiger partial charge in [0.1, 0.15) is 17.6 Å². The molecule has 0 aliphatic rings. The molecule has 2 N–H and O–H groups in total. The van der Waals surface area contributed by atoms with Crippen molar-refractivity contribution in [2.24, 2.45) is 5.73 Å². The number of hydrogen-bond donors (Lipinski definition) is 1. The van der Waals surface area contributed by atoms with Crippen molar-refractivity contribution >= 4 is 27.3 Å². The molecule has 2 aromatic rings. The van der Waals surface area contributed by atoms with Crippen LogP contribution >= 0.6 is 27.3 Å². The molecule has 1 aromatic carbocycles. The molecule has 6 heteroatoms. The molecule has 20 heavy (non-hydrogen) atoms. The molecule has 104 valence electrons. The number of nitriles is 1. The van der Waals surface area contributed by atoms with Crippen LogP contribution < -0.4 is 15.2 Å². The van der Waals surface area contributed by atoms with Gasteiger partial charge in [0.15, 0.2) is 0 Å². The highest BCUT2D eigenvalue weighted by atomic mass is 79.9. The van der Waals surface area contributed by atoms with Crippen molar-refractivity contribution < 1.29 is 9.47 Å². The topological polar surface area (TPSA) is 68.3 Å². The lowest BCUT2D eigenvalue weighted by Gasteiger charge is -2.16. The maximum atomic E-state index is 9.00. The summed E-state index contributed by atoms with van der Waals surface area (Å²) in [6.07, 6.45) is -0.245. The number of thiophene rings is 1. The van der Waals surface area contributed by atoms with Gasteiger partial charge in [0.05, 0.1) is 22.5 Å². The highest BCUT2D eigenvalue weighted by Crippen LogP contribution is 2.31. The number of ether oxygens (including phenoxy) is 2. The fourth-order valence-corrected chi connectivity index (χ4v) is 3.18. The third-order valence-electron chi connectivity index (χ3n) is 2.65. The molecule has 0 spiro atoms. The van der Waals surface area contributed by atoms with Crippen molar-refractivity contribution in [3.8, 4) is 17.6 Å². The number of benzene rings is 1. The molecule has 0 radical (unpaired) electrons. The Balaban J connectivity index is 2.25. The summed E-state index contributed by atoms with van der Waals surface area (Å²) in [4.78, 5) is 1.03. The van der Waals surface area contributed by atoms with Crippen LogP contribution in [0.15, 0.2) is 34.1 Å². The van der Waals surface area contributed by atoms with Crippen LogP contribution in [0.5, 0.6) is 11.5 Å². The van der Waals surface area contributed by atoms with E-state index in [0.717, 1.165) is 8.66 Å². The van der Waals surface area contributed by atoms with Crippen molar-refractivity contribution in [2.45, 2.75) is 6.10 Å². The van der Waals surface area contributed by atoms with Crippen molar-refractivity contribution in [3.63, 3.8) is 0 Å². The second-order valence-electron chi connectivity index (χ2n) is 3.99. The summed E-state index contributed by atoms with van der Waals surface area (Å²) in [5.41, 5.74) is 6.26. The van der Waals surface area contributed by atoms with E-state index >= 15 is 0 Å². The molecule has 0 fully saturated rings. The van der Waals surface area contributed by atoms with E-state index in [0.29, 0.717) is 23.6 Å². The smallest absolute Gasteiger partial charge is 0.145 e. The molecular formula is C14H13BrN2O2S. The van der Waals surface area contributed by atoms with Gasteiger partial charge < -0.3 is 15.2 Å². The molecule has 1 atom stereocenters. The summed E-state index contributed by atoms with van der Waals surface area (Å²) < 4.78 is 12.1. The van der Waals surface area contributed by atoms with Crippen LogP contribution in [0.2, 0.25) is 0 Å². The average molecular weight is 353 g/mol. The van der Waals surface area contributed by atoms with Gasteiger partial charge in [0.2, 0.25) is 0 Å². The van der Waals surface area contributed by atoms with Crippen LogP contribution in [0.3, 0.4) is 0 Å². The lowest BCUT2D eigenvalue weighted by Crippen LogP contribution is -2.17. The first kappa shape index (κ1) is 14.9. The number of methoxy groups -OCH3 is 1. The SMILES string of the molecule is COc1cc(C#N)cc(OC(CN)c2ccc(Br)s2)c1. The molecule has 0 amide bonds. The van der Waals surface area contributed by atoms with Gasteiger partial charge in [-0.05, 0) is 40.2 Å². The maximum Gasteiger partial charge on any atom is 0.145 e. The molecular weight excluding hydrogens is 340 g/mol.